The number of aliphatic imine (C=N–C) groups is 1. The molecule has 1 fully saturated rings. The number of ether oxygens (including phenoxy) is 1. The van der Waals surface area contributed by atoms with Gasteiger partial charge in [0.05, 0.1) is 31.4 Å². The molecule has 0 aliphatic carbocycles. The second kappa shape index (κ2) is 25.1. The molecule has 6 amide bonds. The van der Waals surface area contributed by atoms with Gasteiger partial charge in [-0.3, -0.25) is 48.5 Å². The van der Waals surface area contributed by atoms with E-state index in [0.29, 0.717) is 17.7 Å². The van der Waals surface area contributed by atoms with Crippen LogP contribution in [0.2, 0.25) is 0 Å². The van der Waals surface area contributed by atoms with Crippen molar-refractivity contribution in [1.29, 1.82) is 0 Å². The Labute approximate surface area is 385 Å². The van der Waals surface area contributed by atoms with Crippen LogP contribution in [0, 0.1) is 5.92 Å². The number of nitrogens with two attached hydrogens (primary N) is 2. The fraction of sp³-hybridized carbons (Fsp3) is 0.381. The van der Waals surface area contributed by atoms with Crippen molar-refractivity contribution in [2.24, 2.45) is 27.5 Å². The maximum absolute atomic E-state index is 13.8. The zero-order valence-corrected chi connectivity index (χ0v) is 37.4. The summed E-state index contributed by atoms with van der Waals surface area (Å²) in [6.45, 7) is 3.25. The first-order chi connectivity index (χ1) is 31.8. The maximum atomic E-state index is 13.8. The van der Waals surface area contributed by atoms with Crippen LogP contribution in [0.1, 0.15) is 61.0 Å². The number of nitrogens with zero attached hydrogens (tertiary/aromatic N) is 3. The predicted octanol–water partition coefficient (Wildman–Crippen LogP) is -1.23. The minimum Gasteiger partial charge on any atom is -0.494 e. The van der Waals surface area contributed by atoms with Crippen LogP contribution in [0.25, 0.3) is 0 Å². The Morgan fingerprint density at radius 3 is 2.25 bits per heavy atom. The van der Waals surface area contributed by atoms with Gasteiger partial charge in [0, 0.05) is 31.3 Å². The van der Waals surface area contributed by atoms with Gasteiger partial charge in [-0.1, -0.05) is 44.2 Å². The number of pyridine rings is 1. The van der Waals surface area contributed by atoms with E-state index < -0.39 is 94.6 Å². The van der Waals surface area contributed by atoms with Crippen LogP contribution in [-0.2, 0) is 45.3 Å². The lowest BCUT2D eigenvalue weighted by atomic mass is 9.99. The molecular weight excluding hydrogens is 897 g/mol. The lowest BCUT2D eigenvalue weighted by molar-refractivity contribution is -0.141. The second-order valence-corrected chi connectivity index (χ2v) is 16.7. The molecule has 24 nitrogen and oxygen atoms in total. The van der Waals surface area contributed by atoms with Crippen LogP contribution in [0.3, 0.4) is 0 Å². The molecule has 1 saturated heterocycles. The fourth-order valence-electron chi connectivity index (χ4n) is 6.33. The third-order valence-electron chi connectivity index (χ3n) is 9.76. The molecule has 4 rings (SSSR count). The van der Waals surface area contributed by atoms with Crippen molar-refractivity contribution in [1.82, 2.24) is 36.9 Å². The summed E-state index contributed by atoms with van der Waals surface area (Å²) in [6.07, 6.45) is 2.25. The Balaban J connectivity index is 1.36. The SMILES string of the molecule is CC(C)[C@H]1NC(=O)C(CCCN=C(N)N)NC(=O)CNC(=O)[C@@H](CC(=O)O)NC(=O)C(Cc2ccc(OCCCNC(=O)c3ccc(NN=Cc4ccccc4S(=O)(=O)O)nc3)cc2)NC1=O. The first-order valence-electron chi connectivity index (χ1n) is 20.9. The molecule has 25 heteroatoms. The fourth-order valence-corrected chi connectivity index (χ4v) is 7.00. The van der Waals surface area contributed by atoms with Gasteiger partial charge in [-0.25, -0.2) is 4.98 Å². The van der Waals surface area contributed by atoms with Crippen LogP contribution in [-0.4, -0.2) is 127 Å². The van der Waals surface area contributed by atoms with E-state index in [1.807, 2.05) is 0 Å². The Hall–Kier alpha value is -7.67. The van der Waals surface area contributed by atoms with Crippen molar-refractivity contribution in [2.75, 3.05) is 31.7 Å². The summed E-state index contributed by atoms with van der Waals surface area (Å²) in [6, 6.07) is 9.85. The highest BCUT2D eigenvalue weighted by Gasteiger charge is 2.34. The lowest BCUT2D eigenvalue weighted by Crippen LogP contribution is -2.59. The Morgan fingerprint density at radius 1 is 0.896 bits per heavy atom. The van der Waals surface area contributed by atoms with Crippen molar-refractivity contribution in [2.45, 2.75) is 75.0 Å². The number of aromatic nitrogens is 1. The summed E-state index contributed by atoms with van der Waals surface area (Å²) in [7, 11) is -4.45. The quantitative estimate of drug-likeness (QED) is 0.0220. The number of amides is 6. The van der Waals surface area contributed by atoms with Gasteiger partial charge in [-0.2, -0.15) is 13.5 Å². The standard InChI is InChI=1S/C42H54N12O12S/c1-24(2)36-41(62)52-30(40(61)51-31(20-35(56)57)38(59)48-23-34(55)50-29(39(60)53-36)8-5-16-46-42(43)44)19-25-10-13-28(14-11-25)66-18-6-17-45-37(58)27-12-15-33(47-21-27)54-49-22-26-7-3-4-9-32(26)67(63,64)65/h3-4,7,9-15,21-22,24,29-31,36H,5-6,8,16-20,23H2,1-2H3,(H,45,58)(H,47,54)(H,48,59)(H,50,55)(H,51,61)(H,52,62)(H,53,60)(H,56,57)(H4,43,44,46)(H,63,64,65)/t29?,30?,31-,36-/m1/s1. The molecule has 0 saturated carbocycles. The average molecular weight is 951 g/mol. The van der Waals surface area contributed by atoms with Gasteiger partial charge in [0.2, 0.25) is 29.5 Å². The Kier molecular flexibility index (Phi) is 19.5. The molecule has 2 heterocycles. The number of hydrazone groups is 1. The summed E-state index contributed by atoms with van der Waals surface area (Å²) in [4.78, 5) is 99.1. The molecule has 13 N–H and O–H groups in total. The summed E-state index contributed by atoms with van der Waals surface area (Å²) < 4.78 is 38.3. The number of carboxylic acid groups (broad SMARTS) is 1. The van der Waals surface area contributed by atoms with E-state index in [-0.39, 0.29) is 66.8 Å². The molecule has 1 aliphatic heterocycles. The largest absolute Gasteiger partial charge is 0.494 e. The van der Waals surface area contributed by atoms with Crippen molar-refractivity contribution in [3.8, 4) is 5.75 Å². The molecule has 1 aliphatic rings. The number of carbonyl (C=O) groups is 7. The normalized spacial score (nSPS) is 18.5. The number of carboxylic acids is 1. The summed E-state index contributed by atoms with van der Waals surface area (Å²) >= 11 is 0. The third-order valence-corrected chi connectivity index (χ3v) is 10.7. The molecule has 0 spiro atoms. The van der Waals surface area contributed by atoms with Gasteiger partial charge in [-0.05, 0) is 61.1 Å². The summed E-state index contributed by atoms with van der Waals surface area (Å²) in [5.41, 5.74) is 14.3. The van der Waals surface area contributed by atoms with E-state index in [9.17, 15) is 51.6 Å². The lowest BCUT2D eigenvalue weighted by Gasteiger charge is -2.27. The molecule has 1 aromatic heterocycles. The van der Waals surface area contributed by atoms with Gasteiger partial charge in [0.25, 0.3) is 16.0 Å². The number of rotatable bonds is 19. The molecule has 67 heavy (non-hydrogen) atoms. The van der Waals surface area contributed by atoms with E-state index in [2.05, 4.69) is 52.4 Å². The number of anilines is 1. The molecule has 2 unspecified atom stereocenters. The summed E-state index contributed by atoms with van der Waals surface area (Å²) in [5.74, 6) is -5.97. The number of nitrogens with one attached hydrogen (secondary N) is 7. The minimum absolute atomic E-state index is 0.0473. The third kappa shape index (κ3) is 17.3. The van der Waals surface area contributed by atoms with Crippen LogP contribution in [0.15, 0.2) is 81.8 Å². The number of aliphatic carboxylic acids is 1. The highest BCUT2D eigenvalue weighted by molar-refractivity contribution is 7.86. The highest BCUT2D eigenvalue weighted by Crippen LogP contribution is 2.16. The molecule has 3 aromatic rings. The van der Waals surface area contributed by atoms with Gasteiger partial charge in [0.1, 0.15) is 40.6 Å². The van der Waals surface area contributed by atoms with E-state index in [4.69, 9.17) is 16.2 Å². The summed E-state index contributed by atoms with van der Waals surface area (Å²) in [5, 5.41) is 28.7. The van der Waals surface area contributed by atoms with Gasteiger partial charge in [-0.15, -0.1) is 0 Å². The van der Waals surface area contributed by atoms with E-state index in [1.54, 1.807) is 44.2 Å². The zero-order valence-electron chi connectivity index (χ0n) is 36.6. The molecule has 2 aromatic carbocycles. The smallest absolute Gasteiger partial charge is 0.305 e. The molecule has 0 bridgehead atoms. The molecule has 360 valence electrons. The van der Waals surface area contributed by atoms with E-state index >= 15 is 0 Å². The van der Waals surface area contributed by atoms with Crippen molar-refractivity contribution < 1.29 is 56.4 Å². The molecule has 4 atom stereocenters. The second-order valence-electron chi connectivity index (χ2n) is 15.4. The van der Waals surface area contributed by atoms with Crippen LogP contribution >= 0.6 is 0 Å². The predicted molar refractivity (Wildman–Crippen MR) is 242 cm³/mol. The van der Waals surface area contributed by atoms with Crippen molar-refractivity contribution in [3.63, 3.8) is 0 Å². The first kappa shape index (κ1) is 52.0. The zero-order chi connectivity index (χ0) is 49.1. The van der Waals surface area contributed by atoms with E-state index in [0.717, 1.165) is 0 Å². The monoisotopic (exact) mass is 950 g/mol. The maximum Gasteiger partial charge on any atom is 0.305 e. The van der Waals surface area contributed by atoms with Gasteiger partial charge < -0.3 is 53.2 Å². The van der Waals surface area contributed by atoms with Crippen molar-refractivity contribution in [3.05, 3.63) is 83.6 Å². The van der Waals surface area contributed by atoms with Gasteiger partial charge in [0.15, 0.2) is 5.96 Å². The number of hydrogen-bond acceptors (Lipinski definition) is 14. The minimum atomic E-state index is -4.45. The molecular formula is C42H54N12O12S. The number of benzene rings is 2. The van der Waals surface area contributed by atoms with Crippen LogP contribution < -0.4 is 53.5 Å². The van der Waals surface area contributed by atoms with Crippen LogP contribution in [0.5, 0.6) is 5.75 Å². The number of guanidine groups is 1. The first-order valence-corrected chi connectivity index (χ1v) is 22.3. The van der Waals surface area contributed by atoms with E-state index in [1.165, 1.54) is 42.7 Å². The average Bonchev–Trinajstić information content (AvgIpc) is 3.27. The van der Waals surface area contributed by atoms with Crippen LogP contribution in [0.4, 0.5) is 5.82 Å². The Bertz CT molecular complexity index is 2410. The highest BCUT2D eigenvalue weighted by atomic mass is 32.2. The molecule has 0 radical (unpaired) electrons. The van der Waals surface area contributed by atoms with Gasteiger partial charge >= 0.3 is 5.97 Å². The van der Waals surface area contributed by atoms with Crippen molar-refractivity contribution >= 4 is 69.5 Å². The number of carbonyl (C=O) groups excluding carboxylic acids is 6. The number of hydrogen-bond donors (Lipinski definition) is 11. The topological polar surface area (TPSA) is 377 Å². The Morgan fingerprint density at radius 2 is 1.60 bits per heavy atom.